The van der Waals surface area contributed by atoms with Crippen LogP contribution in [-0.4, -0.2) is 28.4 Å². The second kappa shape index (κ2) is 6.60. The van der Waals surface area contributed by atoms with Crippen LogP contribution in [0.5, 0.6) is 0 Å². The number of hydrogen-bond acceptors (Lipinski definition) is 5. The molecule has 1 rings (SSSR count). The maximum atomic E-state index is 8.73. The van der Waals surface area contributed by atoms with Crippen molar-refractivity contribution < 1.29 is 9.63 Å². The first kappa shape index (κ1) is 13.1. The molecule has 5 nitrogen and oxygen atoms in total. The predicted molar refractivity (Wildman–Crippen MR) is 60.8 cm³/mol. The molecule has 16 heavy (non-hydrogen) atoms. The highest BCUT2D eigenvalue weighted by Crippen LogP contribution is 2.15. The smallest absolute Gasteiger partial charge is 0.226 e. The van der Waals surface area contributed by atoms with Gasteiger partial charge in [-0.2, -0.15) is 4.98 Å². The Morgan fingerprint density at radius 1 is 1.44 bits per heavy atom. The van der Waals surface area contributed by atoms with Crippen LogP contribution in [0.25, 0.3) is 0 Å². The summed E-state index contributed by atoms with van der Waals surface area (Å²) in [6.07, 6.45) is 2.24. The summed E-state index contributed by atoms with van der Waals surface area (Å²) in [5.74, 6) is 2.20. The fourth-order valence-electron chi connectivity index (χ4n) is 1.75. The van der Waals surface area contributed by atoms with E-state index in [-0.39, 0.29) is 6.61 Å². The van der Waals surface area contributed by atoms with Crippen molar-refractivity contribution in [3.63, 3.8) is 0 Å². The minimum atomic E-state index is 0.0469. The number of aromatic nitrogens is 2. The molecule has 0 aliphatic carbocycles. The van der Waals surface area contributed by atoms with Crippen LogP contribution in [0.4, 0.5) is 0 Å². The Morgan fingerprint density at radius 2 is 2.19 bits per heavy atom. The quantitative estimate of drug-likeness (QED) is 0.718. The lowest BCUT2D eigenvalue weighted by Gasteiger charge is -2.14. The van der Waals surface area contributed by atoms with Crippen molar-refractivity contribution in [2.45, 2.75) is 33.1 Å². The van der Waals surface area contributed by atoms with E-state index in [9.17, 15) is 0 Å². The van der Waals surface area contributed by atoms with Crippen LogP contribution in [0, 0.1) is 11.8 Å². The molecule has 0 radical (unpaired) electrons. The van der Waals surface area contributed by atoms with E-state index in [1.54, 1.807) is 0 Å². The topological polar surface area (TPSA) is 85.2 Å². The molecule has 0 bridgehead atoms. The van der Waals surface area contributed by atoms with Gasteiger partial charge >= 0.3 is 0 Å². The minimum absolute atomic E-state index is 0.0469. The normalized spacial score (nSPS) is 13.3. The number of nitrogens with two attached hydrogens (primary N) is 1. The van der Waals surface area contributed by atoms with Crippen molar-refractivity contribution in [1.29, 1.82) is 0 Å². The van der Waals surface area contributed by atoms with Gasteiger partial charge in [0.1, 0.15) is 0 Å². The van der Waals surface area contributed by atoms with E-state index in [1.807, 2.05) is 0 Å². The third-order valence-corrected chi connectivity index (χ3v) is 2.45. The van der Waals surface area contributed by atoms with Gasteiger partial charge in [-0.05, 0) is 24.8 Å². The molecule has 0 saturated carbocycles. The van der Waals surface area contributed by atoms with Crippen LogP contribution in [-0.2, 0) is 12.8 Å². The fourth-order valence-corrected chi connectivity index (χ4v) is 1.75. The Morgan fingerprint density at radius 3 is 2.75 bits per heavy atom. The Labute approximate surface area is 96.0 Å². The molecule has 0 aromatic carbocycles. The zero-order valence-corrected chi connectivity index (χ0v) is 10.0. The Hall–Kier alpha value is -0.940. The third kappa shape index (κ3) is 4.28. The van der Waals surface area contributed by atoms with Gasteiger partial charge < -0.3 is 15.4 Å². The van der Waals surface area contributed by atoms with Crippen molar-refractivity contribution in [3.8, 4) is 0 Å². The van der Waals surface area contributed by atoms with Crippen LogP contribution in [0.3, 0.4) is 0 Å². The Kier molecular flexibility index (Phi) is 5.42. The first-order chi connectivity index (χ1) is 7.65. The standard InChI is InChI=1S/C11H21N3O2/c1-8(2)5-9(7-12)6-11-13-10(3-4-15)14-16-11/h8-9,15H,3-7,12H2,1-2H3. The number of hydrogen-bond donors (Lipinski definition) is 2. The molecule has 1 unspecified atom stereocenters. The molecule has 0 aliphatic heterocycles. The van der Waals surface area contributed by atoms with Crippen LogP contribution < -0.4 is 5.73 Å². The van der Waals surface area contributed by atoms with E-state index >= 15 is 0 Å². The molecule has 0 fully saturated rings. The molecular formula is C11H21N3O2. The summed E-state index contributed by atoms with van der Waals surface area (Å²) >= 11 is 0. The van der Waals surface area contributed by atoms with E-state index in [0.29, 0.717) is 36.5 Å². The lowest BCUT2D eigenvalue weighted by atomic mass is 9.94. The zero-order valence-electron chi connectivity index (χ0n) is 10.0. The fraction of sp³-hybridized carbons (Fsp3) is 0.818. The summed E-state index contributed by atoms with van der Waals surface area (Å²) in [4.78, 5) is 4.20. The number of aliphatic hydroxyl groups is 1. The van der Waals surface area contributed by atoms with Crippen molar-refractivity contribution in [2.75, 3.05) is 13.2 Å². The summed E-state index contributed by atoms with van der Waals surface area (Å²) < 4.78 is 5.10. The largest absolute Gasteiger partial charge is 0.396 e. The molecule has 1 aromatic heterocycles. The molecule has 0 aliphatic rings. The molecule has 0 amide bonds. The highest BCUT2D eigenvalue weighted by atomic mass is 16.5. The summed E-state index contributed by atoms with van der Waals surface area (Å²) in [7, 11) is 0. The van der Waals surface area contributed by atoms with Crippen molar-refractivity contribution in [1.82, 2.24) is 10.1 Å². The monoisotopic (exact) mass is 227 g/mol. The van der Waals surface area contributed by atoms with Crippen LogP contribution in [0.2, 0.25) is 0 Å². The number of rotatable bonds is 7. The molecule has 5 heteroatoms. The van der Waals surface area contributed by atoms with Gasteiger partial charge in [0.15, 0.2) is 5.82 Å². The number of nitrogens with zero attached hydrogens (tertiary/aromatic N) is 2. The second-order valence-corrected chi connectivity index (χ2v) is 4.51. The van der Waals surface area contributed by atoms with Gasteiger partial charge in [-0.15, -0.1) is 0 Å². The Bertz CT molecular complexity index is 299. The molecule has 3 N–H and O–H groups in total. The molecule has 1 aromatic rings. The van der Waals surface area contributed by atoms with E-state index in [2.05, 4.69) is 24.0 Å². The van der Waals surface area contributed by atoms with Gasteiger partial charge in [-0.25, -0.2) is 0 Å². The SMILES string of the molecule is CC(C)CC(CN)Cc1nc(CCO)no1. The van der Waals surface area contributed by atoms with Gasteiger partial charge in [-0.3, -0.25) is 0 Å². The lowest BCUT2D eigenvalue weighted by molar-refractivity contribution is 0.291. The first-order valence-corrected chi connectivity index (χ1v) is 5.78. The van der Waals surface area contributed by atoms with Gasteiger partial charge in [0, 0.05) is 12.8 Å². The van der Waals surface area contributed by atoms with E-state index in [1.165, 1.54) is 0 Å². The van der Waals surface area contributed by atoms with Crippen molar-refractivity contribution >= 4 is 0 Å². The molecular weight excluding hydrogens is 206 g/mol. The lowest BCUT2D eigenvalue weighted by Crippen LogP contribution is -2.19. The van der Waals surface area contributed by atoms with Gasteiger partial charge in [0.25, 0.3) is 0 Å². The van der Waals surface area contributed by atoms with Crippen molar-refractivity contribution in [2.24, 2.45) is 17.6 Å². The maximum Gasteiger partial charge on any atom is 0.226 e. The molecule has 1 atom stereocenters. The third-order valence-electron chi connectivity index (χ3n) is 2.45. The van der Waals surface area contributed by atoms with Gasteiger partial charge in [-0.1, -0.05) is 19.0 Å². The van der Waals surface area contributed by atoms with E-state index in [4.69, 9.17) is 15.4 Å². The molecule has 0 spiro atoms. The second-order valence-electron chi connectivity index (χ2n) is 4.51. The molecule has 92 valence electrons. The molecule has 1 heterocycles. The van der Waals surface area contributed by atoms with E-state index < -0.39 is 0 Å². The van der Waals surface area contributed by atoms with Gasteiger partial charge in [0.05, 0.1) is 6.61 Å². The van der Waals surface area contributed by atoms with Crippen LogP contribution in [0.15, 0.2) is 4.52 Å². The van der Waals surface area contributed by atoms with Crippen LogP contribution in [0.1, 0.15) is 32.0 Å². The van der Waals surface area contributed by atoms with Crippen molar-refractivity contribution in [3.05, 3.63) is 11.7 Å². The summed E-state index contributed by atoms with van der Waals surface area (Å²) in [5.41, 5.74) is 5.70. The van der Waals surface area contributed by atoms with E-state index in [0.717, 1.165) is 12.8 Å². The summed E-state index contributed by atoms with van der Waals surface area (Å²) in [6, 6.07) is 0. The average Bonchev–Trinajstić information content (AvgIpc) is 2.64. The zero-order chi connectivity index (χ0) is 12.0. The first-order valence-electron chi connectivity index (χ1n) is 5.78. The van der Waals surface area contributed by atoms with Crippen LogP contribution >= 0.6 is 0 Å². The maximum absolute atomic E-state index is 8.73. The minimum Gasteiger partial charge on any atom is -0.396 e. The predicted octanol–water partition coefficient (Wildman–Crippen LogP) is 0.768. The average molecular weight is 227 g/mol. The highest BCUT2D eigenvalue weighted by Gasteiger charge is 2.14. The Balaban J connectivity index is 2.49. The summed E-state index contributed by atoms with van der Waals surface area (Å²) in [5, 5.41) is 12.5. The number of aliphatic hydroxyl groups excluding tert-OH is 1. The van der Waals surface area contributed by atoms with Gasteiger partial charge in [0.2, 0.25) is 5.89 Å². The molecule has 0 saturated heterocycles. The summed E-state index contributed by atoms with van der Waals surface area (Å²) in [6.45, 7) is 5.03. The highest BCUT2D eigenvalue weighted by molar-refractivity contribution is 4.88.